The third kappa shape index (κ3) is 24.9. The molecular weight excluding hydrogens is 481 g/mol. The Bertz CT molecular complexity index is 595. The lowest BCUT2D eigenvalue weighted by Crippen LogP contribution is -2.37. The average molecular weight is 537 g/mol. The summed E-state index contributed by atoms with van der Waals surface area (Å²) in [6.07, 6.45) is 18.3. The van der Waals surface area contributed by atoms with Crippen molar-refractivity contribution in [3.63, 3.8) is 0 Å². The number of hydrogen-bond donors (Lipinski definition) is 1. The molecule has 0 spiro atoms. The van der Waals surface area contributed by atoms with Gasteiger partial charge in [-0.2, -0.15) is 0 Å². The summed E-state index contributed by atoms with van der Waals surface area (Å²) in [4.78, 5) is 21.5. The molecule has 9 heteroatoms. The number of rotatable bonds is 26. The van der Waals surface area contributed by atoms with Crippen LogP contribution in [0.4, 0.5) is 0 Å². The van der Waals surface area contributed by atoms with Gasteiger partial charge in [0.15, 0.2) is 0 Å². The topological polar surface area (TPSA) is 91.3 Å². The minimum absolute atomic E-state index is 0.0734. The number of hydrogen-bond acceptors (Lipinski definition) is 6. The molecule has 214 valence electrons. The molecule has 0 aromatic rings. The molecule has 0 aliphatic rings. The van der Waals surface area contributed by atoms with Crippen LogP contribution in [0.1, 0.15) is 96.8 Å². The second-order valence-electron chi connectivity index (χ2n) is 10.5. The highest BCUT2D eigenvalue weighted by Gasteiger charge is 2.26. The van der Waals surface area contributed by atoms with E-state index in [0.29, 0.717) is 17.6 Å². The second-order valence-corrected chi connectivity index (χ2v) is 12.0. The van der Waals surface area contributed by atoms with Gasteiger partial charge in [-0.15, -0.1) is 0 Å². The SMILES string of the molecule is C=CC(=O)O[C@H](COCCCCCCCCCCCCCCCC)COP(=O)(O)OCC[N+](C)(C)C. The van der Waals surface area contributed by atoms with E-state index in [1.807, 2.05) is 21.1 Å². The van der Waals surface area contributed by atoms with Crippen LogP contribution in [-0.2, 0) is 27.9 Å². The Labute approximate surface area is 220 Å². The van der Waals surface area contributed by atoms with Crippen LogP contribution in [0, 0.1) is 0 Å². The number of unbranched alkanes of at least 4 members (excludes halogenated alkanes) is 13. The van der Waals surface area contributed by atoms with Gasteiger partial charge in [-0.25, -0.2) is 9.36 Å². The molecular formula is C27H55NO7P+. The van der Waals surface area contributed by atoms with E-state index in [-0.39, 0.29) is 19.8 Å². The van der Waals surface area contributed by atoms with Gasteiger partial charge in [0.2, 0.25) is 0 Å². The van der Waals surface area contributed by atoms with Crippen LogP contribution in [0.2, 0.25) is 0 Å². The molecule has 0 amide bonds. The number of phosphoric ester groups is 1. The van der Waals surface area contributed by atoms with Crippen LogP contribution in [0.3, 0.4) is 0 Å². The molecule has 8 nitrogen and oxygen atoms in total. The zero-order valence-electron chi connectivity index (χ0n) is 23.6. The van der Waals surface area contributed by atoms with Gasteiger partial charge in [-0.05, 0) is 6.42 Å². The summed E-state index contributed by atoms with van der Waals surface area (Å²) < 4.78 is 33.5. The number of esters is 1. The molecule has 0 aliphatic carbocycles. The van der Waals surface area contributed by atoms with Crippen LogP contribution < -0.4 is 0 Å². The molecule has 1 N–H and O–H groups in total. The summed E-state index contributed by atoms with van der Waals surface area (Å²) in [5.74, 6) is -0.637. The van der Waals surface area contributed by atoms with E-state index in [0.717, 1.165) is 18.9 Å². The van der Waals surface area contributed by atoms with E-state index in [1.165, 1.54) is 77.0 Å². The lowest BCUT2D eigenvalue weighted by atomic mass is 10.0. The smallest absolute Gasteiger partial charge is 0.454 e. The van der Waals surface area contributed by atoms with Gasteiger partial charge >= 0.3 is 13.8 Å². The predicted molar refractivity (Wildman–Crippen MR) is 146 cm³/mol. The fourth-order valence-electron chi connectivity index (χ4n) is 3.59. The Morgan fingerprint density at radius 3 is 1.81 bits per heavy atom. The third-order valence-corrected chi connectivity index (χ3v) is 6.82. The Kier molecular flexibility index (Phi) is 21.8. The summed E-state index contributed by atoms with van der Waals surface area (Å²) in [7, 11) is 1.61. The van der Waals surface area contributed by atoms with Gasteiger partial charge in [-0.1, -0.05) is 97.0 Å². The lowest BCUT2D eigenvalue weighted by Gasteiger charge is -2.24. The first-order valence-electron chi connectivity index (χ1n) is 13.9. The highest BCUT2D eigenvalue weighted by atomic mass is 31.2. The Balaban J connectivity index is 3.88. The molecule has 0 aliphatic heterocycles. The van der Waals surface area contributed by atoms with E-state index in [1.54, 1.807) is 0 Å². The molecule has 0 radical (unpaired) electrons. The highest BCUT2D eigenvalue weighted by Crippen LogP contribution is 2.43. The van der Waals surface area contributed by atoms with Crippen LogP contribution in [0.15, 0.2) is 12.7 Å². The van der Waals surface area contributed by atoms with E-state index in [2.05, 4.69) is 13.5 Å². The van der Waals surface area contributed by atoms with Crippen LogP contribution >= 0.6 is 7.82 Å². The molecule has 0 aromatic carbocycles. The van der Waals surface area contributed by atoms with Crippen molar-refractivity contribution in [1.82, 2.24) is 0 Å². The third-order valence-electron chi connectivity index (χ3n) is 5.84. The summed E-state index contributed by atoms with van der Waals surface area (Å²) in [6, 6.07) is 0. The number of nitrogens with zero attached hydrogens (tertiary/aromatic N) is 1. The molecule has 2 atom stereocenters. The Hall–Kier alpha value is -0.760. The van der Waals surface area contributed by atoms with Crippen LogP contribution in [0.5, 0.6) is 0 Å². The molecule has 36 heavy (non-hydrogen) atoms. The second kappa shape index (κ2) is 22.2. The summed E-state index contributed by atoms with van der Waals surface area (Å²) >= 11 is 0. The van der Waals surface area contributed by atoms with Gasteiger partial charge < -0.3 is 18.9 Å². The summed E-state index contributed by atoms with van der Waals surface area (Å²) in [5, 5.41) is 0. The zero-order valence-corrected chi connectivity index (χ0v) is 24.5. The highest BCUT2D eigenvalue weighted by molar-refractivity contribution is 7.47. The van der Waals surface area contributed by atoms with Crippen molar-refractivity contribution in [2.75, 3.05) is 54.1 Å². The van der Waals surface area contributed by atoms with Crippen LogP contribution in [0.25, 0.3) is 0 Å². The number of carbonyl (C=O) groups is 1. The molecule has 0 saturated carbocycles. The van der Waals surface area contributed by atoms with Crippen molar-refractivity contribution >= 4 is 13.8 Å². The van der Waals surface area contributed by atoms with Crippen molar-refractivity contribution in [2.45, 2.75) is 103 Å². The van der Waals surface area contributed by atoms with Gasteiger partial charge in [0, 0.05) is 12.7 Å². The number of phosphoric acid groups is 1. The minimum atomic E-state index is -4.24. The van der Waals surface area contributed by atoms with E-state index in [9.17, 15) is 14.3 Å². The number of quaternary nitrogens is 1. The average Bonchev–Trinajstić information content (AvgIpc) is 2.81. The van der Waals surface area contributed by atoms with E-state index < -0.39 is 19.9 Å². The van der Waals surface area contributed by atoms with Gasteiger partial charge in [0.05, 0.1) is 34.4 Å². The van der Waals surface area contributed by atoms with Gasteiger partial charge in [0.25, 0.3) is 0 Å². The first kappa shape index (κ1) is 35.2. The van der Waals surface area contributed by atoms with Crippen molar-refractivity contribution < 1.29 is 37.3 Å². The first-order valence-corrected chi connectivity index (χ1v) is 15.4. The monoisotopic (exact) mass is 536 g/mol. The number of carbonyl (C=O) groups excluding carboxylic acids is 1. The van der Waals surface area contributed by atoms with Crippen molar-refractivity contribution in [3.8, 4) is 0 Å². The quantitative estimate of drug-likeness (QED) is 0.0448. The Morgan fingerprint density at radius 1 is 0.833 bits per heavy atom. The molecule has 0 saturated heterocycles. The predicted octanol–water partition coefficient (Wildman–Crippen LogP) is 6.42. The van der Waals surface area contributed by atoms with E-state index in [4.69, 9.17) is 18.5 Å². The maximum absolute atomic E-state index is 12.1. The van der Waals surface area contributed by atoms with E-state index >= 15 is 0 Å². The lowest BCUT2D eigenvalue weighted by molar-refractivity contribution is -0.870. The molecule has 0 bridgehead atoms. The first-order chi connectivity index (χ1) is 17.1. The number of likely N-dealkylation sites (N-methyl/N-ethyl adjacent to an activating group) is 1. The molecule has 0 fully saturated rings. The minimum Gasteiger partial charge on any atom is -0.454 e. The van der Waals surface area contributed by atoms with Gasteiger partial charge in [0.1, 0.15) is 19.3 Å². The van der Waals surface area contributed by atoms with Crippen molar-refractivity contribution in [1.29, 1.82) is 0 Å². The maximum atomic E-state index is 12.1. The number of ether oxygens (including phenoxy) is 2. The van der Waals surface area contributed by atoms with Crippen LogP contribution in [-0.4, -0.2) is 75.6 Å². The molecule has 1 unspecified atom stereocenters. The Morgan fingerprint density at radius 2 is 1.33 bits per heavy atom. The van der Waals surface area contributed by atoms with Gasteiger partial charge in [-0.3, -0.25) is 9.05 Å². The summed E-state index contributed by atoms with van der Waals surface area (Å²) in [6.45, 7) is 6.58. The summed E-state index contributed by atoms with van der Waals surface area (Å²) in [5.41, 5.74) is 0. The standard InChI is InChI=1S/C27H54NO7P/c1-6-8-9-10-11-12-13-14-15-16-17-18-19-20-22-32-24-26(35-27(29)7-2)25-34-36(30,31)33-23-21-28(3,4)5/h7,26H,2,6,8-25H2,1,3-5H3/p+1/t26-/m1/s1. The molecule has 0 aromatic heterocycles. The normalized spacial score (nSPS) is 14.4. The molecule has 0 heterocycles. The largest absolute Gasteiger partial charge is 0.472 e. The zero-order chi connectivity index (χ0) is 27.1. The maximum Gasteiger partial charge on any atom is 0.472 e. The van der Waals surface area contributed by atoms with Crippen molar-refractivity contribution in [2.24, 2.45) is 0 Å². The fraction of sp³-hybridized carbons (Fsp3) is 0.889. The molecule has 0 rings (SSSR count). The van der Waals surface area contributed by atoms with Crippen molar-refractivity contribution in [3.05, 3.63) is 12.7 Å². The fourth-order valence-corrected chi connectivity index (χ4v) is 4.33.